The summed E-state index contributed by atoms with van der Waals surface area (Å²) in [4.78, 5) is 17.9. The van der Waals surface area contributed by atoms with Crippen LogP contribution in [0.4, 0.5) is 5.69 Å². The highest BCUT2D eigenvalue weighted by molar-refractivity contribution is 5.99. The van der Waals surface area contributed by atoms with Crippen molar-refractivity contribution in [2.45, 2.75) is 38.0 Å². The molecule has 6 rings (SSSR count). The van der Waals surface area contributed by atoms with Crippen LogP contribution >= 0.6 is 0 Å². The van der Waals surface area contributed by atoms with Crippen LogP contribution in [0, 0.1) is 5.92 Å². The summed E-state index contributed by atoms with van der Waals surface area (Å²) in [6.07, 6.45) is 3.18. The third kappa shape index (κ3) is 3.12. The predicted octanol–water partition coefficient (Wildman–Crippen LogP) is 3.19. The highest BCUT2D eigenvalue weighted by atomic mass is 16.7. The second-order valence-corrected chi connectivity index (χ2v) is 8.47. The van der Waals surface area contributed by atoms with Crippen LogP contribution in [-0.4, -0.2) is 42.8 Å². The maximum atomic E-state index is 13.7. The van der Waals surface area contributed by atoms with Crippen molar-refractivity contribution < 1.29 is 19.0 Å². The molecule has 1 aliphatic carbocycles. The number of carbonyl (C=O) groups is 1. The van der Waals surface area contributed by atoms with Crippen LogP contribution in [0.25, 0.3) is 0 Å². The summed E-state index contributed by atoms with van der Waals surface area (Å²) in [7, 11) is 0. The van der Waals surface area contributed by atoms with E-state index in [1.165, 1.54) is 12.8 Å². The van der Waals surface area contributed by atoms with Gasteiger partial charge >= 0.3 is 0 Å². The van der Waals surface area contributed by atoms with Crippen molar-refractivity contribution in [3.8, 4) is 17.2 Å². The van der Waals surface area contributed by atoms with Crippen molar-refractivity contribution in [3.05, 3.63) is 48.0 Å². The van der Waals surface area contributed by atoms with Gasteiger partial charge in [0, 0.05) is 26.1 Å². The molecule has 4 aliphatic rings. The number of amides is 1. The van der Waals surface area contributed by atoms with Gasteiger partial charge in [0.15, 0.2) is 11.5 Å². The number of carbonyl (C=O) groups excluding carboxylic acids is 1. The van der Waals surface area contributed by atoms with E-state index in [1.807, 2.05) is 41.3 Å². The number of likely N-dealkylation sites (tertiary alicyclic amines) is 1. The lowest BCUT2D eigenvalue weighted by Crippen LogP contribution is -2.46. The van der Waals surface area contributed by atoms with Crippen molar-refractivity contribution in [1.29, 1.82) is 0 Å². The van der Waals surface area contributed by atoms with E-state index >= 15 is 0 Å². The summed E-state index contributed by atoms with van der Waals surface area (Å²) < 4.78 is 17.3. The molecule has 1 saturated heterocycles. The normalized spacial score (nSPS) is 25.4. The molecule has 2 atom stereocenters. The van der Waals surface area contributed by atoms with Crippen molar-refractivity contribution >= 4 is 11.6 Å². The van der Waals surface area contributed by atoms with Crippen LogP contribution in [0.1, 0.15) is 24.8 Å². The first-order valence-electron chi connectivity index (χ1n) is 10.4. The molecule has 29 heavy (non-hydrogen) atoms. The lowest BCUT2D eigenvalue weighted by atomic mass is 10.1. The average molecular weight is 392 g/mol. The predicted molar refractivity (Wildman–Crippen MR) is 107 cm³/mol. The minimum atomic E-state index is -0.155. The zero-order chi connectivity index (χ0) is 19.4. The minimum Gasteiger partial charge on any atom is -0.487 e. The summed E-state index contributed by atoms with van der Waals surface area (Å²) in [5, 5.41) is 0. The second-order valence-electron chi connectivity index (χ2n) is 8.47. The van der Waals surface area contributed by atoms with Gasteiger partial charge in [0.25, 0.3) is 0 Å². The van der Waals surface area contributed by atoms with Crippen molar-refractivity contribution in [2.24, 2.45) is 5.92 Å². The van der Waals surface area contributed by atoms with Crippen LogP contribution < -0.4 is 19.1 Å². The summed E-state index contributed by atoms with van der Waals surface area (Å²) in [5.74, 6) is 3.22. The van der Waals surface area contributed by atoms with Crippen LogP contribution in [0.3, 0.4) is 0 Å². The number of ether oxygens (including phenoxy) is 3. The summed E-state index contributed by atoms with van der Waals surface area (Å²) in [6, 6.07) is 13.9. The first-order valence-corrected chi connectivity index (χ1v) is 10.4. The van der Waals surface area contributed by atoms with Crippen molar-refractivity contribution in [1.82, 2.24) is 4.90 Å². The van der Waals surface area contributed by atoms with E-state index in [2.05, 4.69) is 11.0 Å². The number of fused-ring (bicyclic) bond motifs is 4. The molecule has 1 amide bonds. The van der Waals surface area contributed by atoms with Crippen molar-refractivity contribution in [2.75, 3.05) is 24.8 Å². The van der Waals surface area contributed by atoms with E-state index in [-0.39, 0.29) is 24.8 Å². The van der Waals surface area contributed by atoms with E-state index in [0.717, 1.165) is 48.0 Å². The van der Waals surface area contributed by atoms with Gasteiger partial charge in [-0.1, -0.05) is 18.2 Å². The summed E-state index contributed by atoms with van der Waals surface area (Å²) in [5.41, 5.74) is 2.04. The van der Waals surface area contributed by atoms with Crippen molar-refractivity contribution in [3.63, 3.8) is 0 Å². The fourth-order valence-electron chi connectivity index (χ4n) is 4.66. The molecule has 3 aliphatic heterocycles. The molecule has 0 spiro atoms. The molecular formula is C23H24N2O4. The highest BCUT2D eigenvalue weighted by Gasteiger charge is 2.43. The fraction of sp³-hybridized carbons (Fsp3) is 0.435. The topological polar surface area (TPSA) is 51.2 Å². The number of para-hydroxylation sites is 2. The molecule has 0 radical (unpaired) electrons. The molecule has 2 aromatic rings. The molecule has 2 bridgehead atoms. The number of rotatable bonds is 4. The average Bonchev–Trinajstić information content (AvgIpc) is 3.27. The Labute approximate surface area is 170 Å². The standard InChI is InChI=1S/C23H24N2O4/c26-23-19-10-17(13-24(19)11-16-7-8-21-22(9-16)28-14-27-21)29-20-4-2-1-3-18(20)25(23)12-15-5-6-15/h1-4,7-9,15,17,19H,5-6,10-14H2. The Morgan fingerprint density at radius 3 is 2.76 bits per heavy atom. The van der Waals surface area contributed by atoms with E-state index in [0.29, 0.717) is 12.5 Å². The molecule has 0 N–H and O–H groups in total. The monoisotopic (exact) mass is 392 g/mol. The quantitative estimate of drug-likeness (QED) is 0.800. The number of benzene rings is 2. The van der Waals surface area contributed by atoms with Crippen LogP contribution in [0.2, 0.25) is 0 Å². The first-order chi connectivity index (χ1) is 14.2. The maximum Gasteiger partial charge on any atom is 0.244 e. The minimum absolute atomic E-state index is 0.0298. The number of hydrogen-bond acceptors (Lipinski definition) is 5. The van der Waals surface area contributed by atoms with Crippen LogP contribution in [0.15, 0.2) is 42.5 Å². The van der Waals surface area contributed by atoms with Gasteiger partial charge < -0.3 is 19.1 Å². The smallest absolute Gasteiger partial charge is 0.244 e. The third-order valence-corrected chi connectivity index (χ3v) is 6.33. The van der Waals surface area contributed by atoms with E-state index in [9.17, 15) is 4.79 Å². The fourth-order valence-corrected chi connectivity index (χ4v) is 4.66. The molecule has 0 aromatic heterocycles. The van der Waals surface area contributed by atoms with E-state index in [1.54, 1.807) is 0 Å². The molecule has 2 aromatic carbocycles. The Morgan fingerprint density at radius 1 is 1.00 bits per heavy atom. The van der Waals surface area contributed by atoms with Gasteiger partial charge in [-0.25, -0.2) is 0 Å². The molecule has 3 heterocycles. The maximum absolute atomic E-state index is 13.7. The Bertz CT molecular complexity index is 958. The van der Waals surface area contributed by atoms with Gasteiger partial charge in [-0.05, 0) is 48.6 Å². The third-order valence-electron chi connectivity index (χ3n) is 6.33. The van der Waals surface area contributed by atoms with Gasteiger partial charge in [0.1, 0.15) is 11.9 Å². The lowest BCUT2D eigenvalue weighted by Gasteiger charge is -2.32. The second kappa shape index (κ2) is 6.66. The summed E-state index contributed by atoms with van der Waals surface area (Å²) in [6.45, 7) is 2.50. The largest absolute Gasteiger partial charge is 0.487 e. The van der Waals surface area contributed by atoms with Gasteiger partial charge in [0.05, 0.1) is 11.7 Å². The van der Waals surface area contributed by atoms with E-state index < -0.39 is 0 Å². The molecule has 150 valence electrons. The van der Waals surface area contributed by atoms with Crippen LogP contribution in [-0.2, 0) is 11.3 Å². The number of anilines is 1. The Morgan fingerprint density at radius 2 is 1.86 bits per heavy atom. The van der Waals surface area contributed by atoms with Gasteiger partial charge in [-0.15, -0.1) is 0 Å². The SMILES string of the molecule is O=C1C2CC(CN2Cc2ccc3c(c2)OCO3)Oc2ccccc2N1CC1CC1. The Balaban J connectivity index is 1.30. The number of hydrogen-bond donors (Lipinski definition) is 0. The molecule has 6 nitrogen and oxygen atoms in total. The molecule has 2 unspecified atom stereocenters. The zero-order valence-electron chi connectivity index (χ0n) is 16.3. The van der Waals surface area contributed by atoms with Crippen LogP contribution in [0.5, 0.6) is 17.2 Å². The number of nitrogens with zero attached hydrogens (tertiary/aromatic N) is 2. The molecule has 1 saturated carbocycles. The van der Waals surface area contributed by atoms with E-state index in [4.69, 9.17) is 14.2 Å². The van der Waals surface area contributed by atoms with Gasteiger partial charge in [0.2, 0.25) is 12.7 Å². The Hall–Kier alpha value is -2.73. The first kappa shape index (κ1) is 17.2. The highest BCUT2D eigenvalue weighted by Crippen LogP contribution is 2.40. The summed E-state index contributed by atoms with van der Waals surface area (Å²) >= 11 is 0. The zero-order valence-corrected chi connectivity index (χ0v) is 16.3. The van der Waals surface area contributed by atoms with Gasteiger partial charge in [-0.2, -0.15) is 0 Å². The lowest BCUT2D eigenvalue weighted by molar-refractivity contribution is -0.123. The molecular weight excluding hydrogens is 368 g/mol. The molecule has 2 fully saturated rings. The Kier molecular flexibility index (Phi) is 3.94. The molecule has 6 heteroatoms. The van der Waals surface area contributed by atoms with Gasteiger partial charge in [-0.3, -0.25) is 9.69 Å².